The maximum Gasteiger partial charge on any atom is 0.161 e. The Morgan fingerprint density at radius 3 is 1.90 bits per heavy atom. The quantitative estimate of drug-likeness (QED) is 0.793. The smallest absolute Gasteiger partial charge is 0.161 e. The SMILES string of the molecule is CN1C2=C(C(=O)CC2)C(c2ccccc2)C2=C1CCC2=O. The molecule has 0 radical (unpaired) electrons. The van der Waals surface area contributed by atoms with Gasteiger partial charge in [-0.3, -0.25) is 9.59 Å². The first-order chi connectivity index (χ1) is 10.2. The third kappa shape index (κ3) is 1.67. The number of ketones is 2. The second-order valence-corrected chi connectivity index (χ2v) is 5.97. The van der Waals surface area contributed by atoms with Crippen LogP contribution in [-0.2, 0) is 9.59 Å². The van der Waals surface area contributed by atoms with E-state index in [1.807, 2.05) is 37.4 Å². The first-order valence-electron chi connectivity index (χ1n) is 7.49. The van der Waals surface area contributed by atoms with E-state index in [1.165, 1.54) is 0 Å². The van der Waals surface area contributed by atoms with Crippen LogP contribution in [-0.4, -0.2) is 23.5 Å². The summed E-state index contributed by atoms with van der Waals surface area (Å²) in [5.41, 5.74) is 5.04. The number of carbonyl (C=O) groups is 2. The van der Waals surface area contributed by atoms with Crippen LogP contribution >= 0.6 is 0 Å². The maximum absolute atomic E-state index is 12.4. The molecule has 0 spiro atoms. The van der Waals surface area contributed by atoms with Crippen molar-refractivity contribution in [2.45, 2.75) is 31.6 Å². The van der Waals surface area contributed by atoms with Gasteiger partial charge in [0.25, 0.3) is 0 Å². The van der Waals surface area contributed by atoms with E-state index in [0.29, 0.717) is 12.8 Å². The summed E-state index contributed by atoms with van der Waals surface area (Å²) in [6.07, 6.45) is 2.76. The first kappa shape index (κ1) is 12.6. The van der Waals surface area contributed by atoms with Gasteiger partial charge in [-0.05, 0) is 18.4 Å². The van der Waals surface area contributed by atoms with Gasteiger partial charge in [-0.25, -0.2) is 0 Å². The van der Waals surface area contributed by atoms with Crippen molar-refractivity contribution in [3.63, 3.8) is 0 Å². The molecule has 0 saturated heterocycles. The molecule has 0 aromatic heterocycles. The summed E-state index contributed by atoms with van der Waals surface area (Å²) < 4.78 is 0. The minimum Gasteiger partial charge on any atom is -0.351 e. The van der Waals surface area contributed by atoms with E-state index in [0.717, 1.165) is 40.9 Å². The van der Waals surface area contributed by atoms with Crippen molar-refractivity contribution in [1.29, 1.82) is 0 Å². The summed E-state index contributed by atoms with van der Waals surface area (Å²) in [6.45, 7) is 0. The summed E-state index contributed by atoms with van der Waals surface area (Å²) in [4.78, 5) is 26.9. The van der Waals surface area contributed by atoms with Gasteiger partial charge in [-0.15, -0.1) is 0 Å². The molecule has 4 rings (SSSR count). The zero-order chi connectivity index (χ0) is 14.6. The fourth-order valence-electron chi connectivity index (χ4n) is 3.96. The van der Waals surface area contributed by atoms with E-state index < -0.39 is 0 Å². The van der Waals surface area contributed by atoms with Gasteiger partial charge in [0.1, 0.15) is 0 Å². The summed E-state index contributed by atoms with van der Waals surface area (Å²) >= 11 is 0. The second kappa shape index (κ2) is 4.42. The second-order valence-electron chi connectivity index (χ2n) is 5.97. The normalized spacial score (nSPS) is 22.2. The van der Waals surface area contributed by atoms with Gasteiger partial charge < -0.3 is 4.90 Å². The topological polar surface area (TPSA) is 37.4 Å². The molecule has 21 heavy (non-hydrogen) atoms. The molecule has 106 valence electrons. The molecular weight excluding hydrogens is 262 g/mol. The van der Waals surface area contributed by atoms with Gasteiger partial charge >= 0.3 is 0 Å². The summed E-state index contributed by atoms with van der Waals surface area (Å²) in [6, 6.07) is 9.99. The number of hydrogen-bond acceptors (Lipinski definition) is 3. The van der Waals surface area contributed by atoms with Gasteiger partial charge in [-0.2, -0.15) is 0 Å². The minimum atomic E-state index is -0.141. The van der Waals surface area contributed by atoms with Crippen molar-refractivity contribution in [3.05, 3.63) is 58.4 Å². The molecule has 1 aromatic carbocycles. The maximum atomic E-state index is 12.4. The van der Waals surface area contributed by atoms with Crippen LogP contribution in [0.1, 0.15) is 37.2 Å². The predicted octanol–water partition coefficient (Wildman–Crippen LogP) is 2.95. The lowest BCUT2D eigenvalue weighted by molar-refractivity contribution is -0.115. The third-order valence-corrected chi connectivity index (χ3v) is 4.92. The zero-order valence-corrected chi connectivity index (χ0v) is 12.1. The van der Waals surface area contributed by atoms with Crippen LogP contribution in [0.3, 0.4) is 0 Å². The van der Waals surface area contributed by atoms with Crippen molar-refractivity contribution < 1.29 is 9.59 Å². The van der Waals surface area contributed by atoms with Gasteiger partial charge in [-0.1, -0.05) is 30.3 Å². The Kier molecular flexibility index (Phi) is 2.64. The predicted molar refractivity (Wildman–Crippen MR) is 79.5 cm³/mol. The van der Waals surface area contributed by atoms with Gasteiger partial charge in [0.05, 0.1) is 0 Å². The molecule has 1 aromatic rings. The van der Waals surface area contributed by atoms with Crippen LogP contribution in [0.25, 0.3) is 0 Å². The van der Waals surface area contributed by atoms with Gasteiger partial charge in [0.15, 0.2) is 11.6 Å². The van der Waals surface area contributed by atoms with E-state index in [4.69, 9.17) is 0 Å². The van der Waals surface area contributed by atoms with Crippen molar-refractivity contribution >= 4 is 11.6 Å². The van der Waals surface area contributed by atoms with Crippen LogP contribution in [0, 0.1) is 0 Å². The van der Waals surface area contributed by atoms with Crippen LogP contribution in [0.2, 0.25) is 0 Å². The van der Waals surface area contributed by atoms with E-state index in [1.54, 1.807) is 0 Å². The van der Waals surface area contributed by atoms with E-state index in [2.05, 4.69) is 4.90 Å². The Morgan fingerprint density at radius 1 is 0.857 bits per heavy atom. The van der Waals surface area contributed by atoms with E-state index in [-0.39, 0.29) is 17.5 Å². The molecule has 0 N–H and O–H groups in total. The molecule has 0 atom stereocenters. The molecule has 2 aliphatic carbocycles. The summed E-state index contributed by atoms with van der Waals surface area (Å²) in [5, 5.41) is 0. The molecule has 0 fully saturated rings. The average Bonchev–Trinajstić information content (AvgIpc) is 3.06. The Bertz CT molecular complexity index is 670. The van der Waals surface area contributed by atoms with Crippen LogP contribution in [0.4, 0.5) is 0 Å². The molecule has 0 unspecified atom stereocenters. The molecule has 1 aliphatic heterocycles. The molecule has 0 saturated carbocycles. The number of allylic oxidation sites excluding steroid dienone is 4. The van der Waals surface area contributed by atoms with E-state index >= 15 is 0 Å². The summed E-state index contributed by atoms with van der Waals surface area (Å²) in [7, 11) is 2.00. The van der Waals surface area contributed by atoms with E-state index in [9.17, 15) is 9.59 Å². The number of carbonyl (C=O) groups excluding carboxylic acids is 2. The lowest BCUT2D eigenvalue weighted by Crippen LogP contribution is -2.27. The highest BCUT2D eigenvalue weighted by atomic mass is 16.1. The van der Waals surface area contributed by atoms with Crippen molar-refractivity contribution in [2.75, 3.05) is 7.05 Å². The standard InChI is InChI=1S/C18H17NO2/c1-19-12-7-9-14(20)17(12)16(11-5-3-2-4-6-11)18-13(19)8-10-15(18)21/h2-6,16H,7-10H2,1H3. The lowest BCUT2D eigenvalue weighted by Gasteiger charge is -2.33. The Morgan fingerprint density at radius 2 is 1.38 bits per heavy atom. The number of Topliss-reactive ketones (excluding diaryl/α,β-unsaturated/α-hetero) is 2. The average molecular weight is 279 g/mol. The minimum absolute atomic E-state index is 0.141. The summed E-state index contributed by atoms with van der Waals surface area (Å²) in [5.74, 6) is 0.270. The largest absolute Gasteiger partial charge is 0.351 e. The number of nitrogens with zero attached hydrogens (tertiary/aromatic N) is 1. The monoisotopic (exact) mass is 279 g/mol. The fraction of sp³-hybridized carbons (Fsp3) is 0.333. The Balaban J connectivity index is 1.95. The first-order valence-corrected chi connectivity index (χ1v) is 7.49. The highest BCUT2D eigenvalue weighted by molar-refractivity contribution is 6.08. The molecule has 3 nitrogen and oxygen atoms in total. The van der Waals surface area contributed by atoms with Crippen molar-refractivity contribution in [2.24, 2.45) is 0 Å². The van der Waals surface area contributed by atoms with Crippen molar-refractivity contribution in [3.8, 4) is 0 Å². The zero-order valence-electron chi connectivity index (χ0n) is 12.1. The molecule has 3 heteroatoms. The van der Waals surface area contributed by atoms with Gasteiger partial charge in [0, 0.05) is 48.3 Å². The third-order valence-electron chi connectivity index (χ3n) is 4.92. The highest BCUT2D eigenvalue weighted by Crippen LogP contribution is 2.49. The highest BCUT2D eigenvalue weighted by Gasteiger charge is 2.44. The van der Waals surface area contributed by atoms with Crippen molar-refractivity contribution in [1.82, 2.24) is 4.90 Å². The Labute approximate surface area is 123 Å². The molecule has 0 amide bonds. The molecular formula is C18H17NO2. The van der Waals surface area contributed by atoms with Crippen LogP contribution in [0.15, 0.2) is 52.9 Å². The van der Waals surface area contributed by atoms with Crippen LogP contribution in [0.5, 0.6) is 0 Å². The van der Waals surface area contributed by atoms with Crippen LogP contribution < -0.4 is 0 Å². The number of hydrogen-bond donors (Lipinski definition) is 0. The number of rotatable bonds is 1. The Hall–Kier alpha value is -2.16. The molecule has 3 aliphatic rings. The fourth-order valence-corrected chi connectivity index (χ4v) is 3.96. The lowest BCUT2D eigenvalue weighted by atomic mass is 9.80. The molecule has 0 bridgehead atoms. The van der Waals surface area contributed by atoms with Gasteiger partial charge in [0.2, 0.25) is 0 Å². The number of benzene rings is 1. The molecule has 1 heterocycles.